The van der Waals surface area contributed by atoms with Crippen molar-refractivity contribution in [3.8, 4) is 0 Å². The van der Waals surface area contributed by atoms with E-state index < -0.39 is 23.7 Å². The van der Waals surface area contributed by atoms with Crippen molar-refractivity contribution in [1.29, 1.82) is 0 Å². The third-order valence-corrected chi connectivity index (χ3v) is 2.31. The van der Waals surface area contributed by atoms with Crippen LogP contribution < -0.4 is 16.0 Å². The number of hydrogen-bond donors (Lipinski definition) is 3. The number of carbonyl (C=O) groups excluding carboxylic acids is 3. The summed E-state index contributed by atoms with van der Waals surface area (Å²) in [6.07, 6.45) is 0. The van der Waals surface area contributed by atoms with Crippen LogP contribution in [0.5, 0.6) is 0 Å². The van der Waals surface area contributed by atoms with Crippen molar-refractivity contribution in [3.05, 3.63) is 29.6 Å². The highest BCUT2D eigenvalue weighted by Crippen LogP contribution is 2.16. The Labute approximate surface area is 114 Å². The average molecular weight is 283 g/mol. The smallest absolute Gasteiger partial charge is 0.337 e. The summed E-state index contributed by atoms with van der Waals surface area (Å²) in [7, 11) is 2.56. The first-order valence-electron chi connectivity index (χ1n) is 5.61. The van der Waals surface area contributed by atoms with Crippen LogP contribution in [-0.2, 0) is 9.53 Å². The van der Waals surface area contributed by atoms with Crippen molar-refractivity contribution >= 4 is 23.6 Å². The van der Waals surface area contributed by atoms with Gasteiger partial charge in [0.05, 0.1) is 24.9 Å². The number of imide groups is 1. The van der Waals surface area contributed by atoms with Gasteiger partial charge in [0.2, 0.25) is 5.91 Å². The van der Waals surface area contributed by atoms with Gasteiger partial charge in [0.25, 0.3) is 0 Å². The van der Waals surface area contributed by atoms with Gasteiger partial charge < -0.3 is 15.4 Å². The van der Waals surface area contributed by atoms with E-state index in [4.69, 9.17) is 0 Å². The van der Waals surface area contributed by atoms with Crippen LogP contribution in [0, 0.1) is 5.82 Å². The molecule has 3 amide bonds. The summed E-state index contributed by atoms with van der Waals surface area (Å²) in [4.78, 5) is 33.5. The van der Waals surface area contributed by atoms with Gasteiger partial charge in [0.1, 0.15) is 5.82 Å². The number of amides is 3. The molecule has 0 radical (unpaired) electrons. The Morgan fingerprint density at radius 2 is 2.00 bits per heavy atom. The van der Waals surface area contributed by atoms with Crippen LogP contribution in [0.3, 0.4) is 0 Å². The number of anilines is 1. The number of carbonyl (C=O) groups is 3. The summed E-state index contributed by atoms with van der Waals surface area (Å²) in [6.45, 7) is -0.324. The van der Waals surface area contributed by atoms with Crippen molar-refractivity contribution in [3.63, 3.8) is 0 Å². The fourth-order valence-electron chi connectivity index (χ4n) is 1.31. The molecular weight excluding hydrogens is 269 g/mol. The quantitative estimate of drug-likeness (QED) is 0.698. The third-order valence-electron chi connectivity index (χ3n) is 2.31. The van der Waals surface area contributed by atoms with E-state index in [0.29, 0.717) is 0 Å². The maximum atomic E-state index is 13.5. The molecule has 0 aliphatic rings. The van der Waals surface area contributed by atoms with Gasteiger partial charge >= 0.3 is 12.0 Å². The Kier molecular flexibility index (Phi) is 5.45. The summed E-state index contributed by atoms with van der Waals surface area (Å²) in [5.74, 6) is -1.90. The predicted molar refractivity (Wildman–Crippen MR) is 68.8 cm³/mol. The highest BCUT2D eigenvalue weighted by Gasteiger charge is 2.11. The van der Waals surface area contributed by atoms with Crippen LogP contribution in [0.4, 0.5) is 14.9 Å². The van der Waals surface area contributed by atoms with E-state index in [2.05, 4.69) is 15.4 Å². The second-order valence-corrected chi connectivity index (χ2v) is 3.67. The van der Waals surface area contributed by atoms with Gasteiger partial charge in [-0.2, -0.15) is 0 Å². The van der Waals surface area contributed by atoms with Crippen molar-refractivity contribution in [2.45, 2.75) is 0 Å². The number of benzene rings is 1. The fourth-order valence-corrected chi connectivity index (χ4v) is 1.31. The number of urea groups is 1. The highest BCUT2D eigenvalue weighted by atomic mass is 19.1. The molecule has 0 spiro atoms. The van der Waals surface area contributed by atoms with Gasteiger partial charge in [-0.15, -0.1) is 0 Å². The summed E-state index contributed by atoms with van der Waals surface area (Å²) in [5, 5.41) is 6.69. The minimum absolute atomic E-state index is 0.0417. The zero-order chi connectivity index (χ0) is 15.1. The van der Waals surface area contributed by atoms with Crippen LogP contribution in [0.15, 0.2) is 18.2 Å². The van der Waals surface area contributed by atoms with Crippen molar-refractivity contribution in [1.82, 2.24) is 10.6 Å². The standard InChI is InChI=1S/C12H14FN3O4/c1-14-12(19)16-10(17)6-15-9-5-7(11(18)20-2)3-4-8(9)13/h3-5,15H,6H2,1-2H3,(H2,14,16,17,19). The number of halogens is 1. The Hall–Kier alpha value is -2.64. The molecule has 3 N–H and O–H groups in total. The molecule has 108 valence electrons. The highest BCUT2D eigenvalue weighted by molar-refractivity contribution is 5.96. The molecule has 1 rings (SSSR count). The molecular formula is C12H14FN3O4. The predicted octanol–water partition coefficient (Wildman–Crippen LogP) is 0.480. The number of hydrogen-bond acceptors (Lipinski definition) is 5. The molecule has 7 nitrogen and oxygen atoms in total. The Bertz CT molecular complexity index is 533. The third kappa shape index (κ3) is 4.23. The molecule has 0 aliphatic carbocycles. The van der Waals surface area contributed by atoms with E-state index in [-0.39, 0.29) is 17.8 Å². The van der Waals surface area contributed by atoms with Crippen molar-refractivity contribution in [2.75, 3.05) is 26.0 Å². The molecule has 0 heterocycles. The van der Waals surface area contributed by atoms with E-state index in [9.17, 15) is 18.8 Å². The normalized spacial score (nSPS) is 9.55. The lowest BCUT2D eigenvalue weighted by Gasteiger charge is -2.09. The van der Waals surface area contributed by atoms with Gasteiger partial charge in [-0.25, -0.2) is 14.0 Å². The Morgan fingerprint density at radius 1 is 1.30 bits per heavy atom. The molecule has 0 atom stereocenters. The minimum atomic E-state index is -0.666. The monoisotopic (exact) mass is 283 g/mol. The van der Waals surface area contributed by atoms with Crippen LogP contribution in [-0.4, -0.2) is 38.6 Å². The van der Waals surface area contributed by atoms with Gasteiger partial charge in [0.15, 0.2) is 0 Å². The van der Waals surface area contributed by atoms with E-state index >= 15 is 0 Å². The second kappa shape index (κ2) is 7.07. The van der Waals surface area contributed by atoms with Crippen LogP contribution in [0.2, 0.25) is 0 Å². The van der Waals surface area contributed by atoms with Gasteiger partial charge in [-0.3, -0.25) is 10.1 Å². The lowest BCUT2D eigenvalue weighted by Crippen LogP contribution is -2.40. The maximum Gasteiger partial charge on any atom is 0.337 e. The molecule has 0 unspecified atom stereocenters. The number of nitrogens with one attached hydrogen (secondary N) is 3. The van der Waals surface area contributed by atoms with E-state index in [1.165, 1.54) is 26.3 Å². The van der Waals surface area contributed by atoms with Crippen molar-refractivity contribution in [2.24, 2.45) is 0 Å². The molecule has 1 aromatic rings. The van der Waals surface area contributed by atoms with Gasteiger partial charge in [0, 0.05) is 7.05 Å². The lowest BCUT2D eigenvalue weighted by atomic mass is 10.2. The molecule has 20 heavy (non-hydrogen) atoms. The molecule has 0 aliphatic heterocycles. The van der Waals surface area contributed by atoms with Gasteiger partial charge in [-0.1, -0.05) is 0 Å². The molecule has 0 aromatic heterocycles. The van der Waals surface area contributed by atoms with E-state index in [1.54, 1.807) is 0 Å². The molecule has 0 saturated heterocycles. The first-order chi connectivity index (χ1) is 9.47. The zero-order valence-corrected chi connectivity index (χ0v) is 11.0. The SMILES string of the molecule is CNC(=O)NC(=O)CNc1cc(C(=O)OC)ccc1F. The fraction of sp³-hybridized carbons (Fsp3) is 0.250. The number of ether oxygens (including phenoxy) is 1. The van der Waals surface area contributed by atoms with Crippen LogP contribution in [0.25, 0.3) is 0 Å². The molecule has 0 saturated carbocycles. The number of esters is 1. The number of rotatable bonds is 4. The average Bonchev–Trinajstić information content (AvgIpc) is 2.45. The molecule has 8 heteroatoms. The zero-order valence-electron chi connectivity index (χ0n) is 11.0. The molecule has 0 bridgehead atoms. The largest absolute Gasteiger partial charge is 0.465 e. The summed E-state index contributed by atoms with van der Waals surface area (Å²) < 4.78 is 18.0. The Balaban J connectivity index is 2.70. The van der Waals surface area contributed by atoms with Gasteiger partial charge in [-0.05, 0) is 18.2 Å². The van der Waals surface area contributed by atoms with Crippen LogP contribution >= 0.6 is 0 Å². The first-order valence-corrected chi connectivity index (χ1v) is 5.61. The topological polar surface area (TPSA) is 96.5 Å². The maximum absolute atomic E-state index is 13.5. The second-order valence-electron chi connectivity index (χ2n) is 3.67. The molecule has 0 fully saturated rings. The summed E-state index contributed by atoms with van der Waals surface area (Å²) in [5.41, 5.74) is 0.100. The number of methoxy groups -OCH3 is 1. The van der Waals surface area contributed by atoms with E-state index in [0.717, 1.165) is 6.07 Å². The van der Waals surface area contributed by atoms with E-state index in [1.807, 2.05) is 5.32 Å². The lowest BCUT2D eigenvalue weighted by molar-refractivity contribution is -0.118. The summed E-state index contributed by atoms with van der Waals surface area (Å²) in [6, 6.07) is 2.89. The first kappa shape index (κ1) is 15.4. The molecule has 1 aromatic carbocycles. The van der Waals surface area contributed by atoms with Crippen molar-refractivity contribution < 1.29 is 23.5 Å². The van der Waals surface area contributed by atoms with Crippen LogP contribution in [0.1, 0.15) is 10.4 Å². The minimum Gasteiger partial charge on any atom is -0.465 e. The Morgan fingerprint density at radius 3 is 2.60 bits per heavy atom. The summed E-state index contributed by atoms with van der Waals surface area (Å²) >= 11 is 0.